The van der Waals surface area contributed by atoms with E-state index in [4.69, 9.17) is 14.2 Å². The average molecular weight is 391 g/mol. The number of rotatable bonds is 6. The summed E-state index contributed by atoms with van der Waals surface area (Å²) in [5.74, 6) is 0. The zero-order valence-electron chi connectivity index (χ0n) is 19.5. The van der Waals surface area contributed by atoms with Crippen molar-refractivity contribution in [3.63, 3.8) is 0 Å². The van der Waals surface area contributed by atoms with Gasteiger partial charge in [-0.25, -0.2) is 0 Å². The summed E-state index contributed by atoms with van der Waals surface area (Å²) in [5, 5.41) is 5.42. The van der Waals surface area contributed by atoms with Crippen LogP contribution in [-0.2, 0) is 14.2 Å². The quantitative estimate of drug-likeness (QED) is 0.294. The fourth-order valence-corrected chi connectivity index (χ4v) is 12.0. The van der Waals surface area contributed by atoms with Crippen molar-refractivity contribution >= 4 is 18.1 Å². The Kier molecular flexibility index (Phi) is 8.66. The lowest BCUT2D eigenvalue weighted by molar-refractivity contribution is -0.425. The second-order valence-electron chi connectivity index (χ2n) is 12.1. The van der Waals surface area contributed by atoms with Gasteiger partial charge in [-0.2, -0.15) is 0 Å². The van der Waals surface area contributed by atoms with E-state index in [2.05, 4.69) is 96.2 Å². The van der Waals surface area contributed by atoms with Crippen molar-refractivity contribution < 1.29 is 14.2 Å². The van der Waals surface area contributed by atoms with Crippen LogP contribution in [0.3, 0.4) is 0 Å². The predicted molar refractivity (Wildman–Crippen MR) is 115 cm³/mol. The highest BCUT2D eigenvalue weighted by Gasteiger charge is 2.43. The molecule has 0 spiro atoms. The second-order valence-corrected chi connectivity index (χ2v) is 16.6. The molecule has 2 unspecified atom stereocenters. The maximum absolute atomic E-state index is 5.85. The van der Waals surface area contributed by atoms with Gasteiger partial charge in [-0.15, -0.1) is 0 Å². The third-order valence-electron chi connectivity index (χ3n) is 5.05. The van der Waals surface area contributed by atoms with Gasteiger partial charge in [0.1, 0.15) is 0 Å². The molecule has 5 heteroatoms. The lowest BCUT2D eigenvalue weighted by atomic mass is 9.76. The van der Waals surface area contributed by atoms with Crippen molar-refractivity contribution in [3.05, 3.63) is 0 Å². The van der Waals surface area contributed by atoms with E-state index in [0.29, 0.717) is 11.1 Å². The molecule has 25 heavy (non-hydrogen) atoms. The molecule has 0 N–H and O–H groups in total. The summed E-state index contributed by atoms with van der Waals surface area (Å²) in [6, 6.07) is 0. The maximum atomic E-state index is 5.85. The number of hydrogen-bond donors (Lipinski definition) is 0. The van der Waals surface area contributed by atoms with Crippen molar-refractivity contribution in [2.24, 2.45) is 21.7 Å². The molecule has 0 aliphatic rings. The SMILES string of the molecule is C[SiH](OOO[SiH](C)C(C(C)(C)C)C(C)(C)C)C(C(C)(C)C)C(C)(C)C. The summed E-state index contributed by atoms with van der Waals surface area (Å²) in [5.41, 5.74) is 1.74. The summed E-state index contributed by atoms with van der Waals surface area (Å²) in [7, 11) is -3.13. The fraction of sp³-hybridized carbons (Fsp3) is 1.00. The Morgan fingerprint density at radius 2 is 0.680 bits per heavy atom. The van der Waals surface area contributed by atoms with E-state index in [1.54, 1.807) is 0 Å². The molecule has 3 nitrogen and oxygen atoms in total. The van der Waals surface area contributed by atoms with Crippen molar-refractivity contribution in [2.75, 3.05) is 0 Å². The molecule has 2 atom stereocenters. The topological polar surface area (TPSA) is 27.7 Å². The Hall–Kier alpha value is 0.314. The Balaban J connectivity index is 4.93. The molecule has 0 radical (unpaired) electrons. The summed E-state index contributed by atoms with van der Waals surface area (Å²) < 4.78 is 11.7. The first-order valence-electron chi connectivity index (χ1n) is 9.78. The van der Waals surface area contributed by atoms with Gasteiger partial charge >= 0.3 is 0 Å². The molecule has 0 saturated heterocycles. The largest absolute Gasteiger partial charge is 0.262 e. The predicted octanol–water partition coefficient (Wildman–Crippen LogP) is 6.50. The molecule has 0 aliphatic carbocycles. The first kappa shape index (κ1) is 25.3. The molecule has 0 aliphatic heterocycles. The molecule has 0 aromatic carbocycles. The minimum Gasteiger partial charge on any atom is -0.262 e. The molecule has 0 bridgehead atoms. The fourth-order valence-electron chi connectivity index (χ4n) is 5.67. The second kappa shape index (κ2) is 8.55. The van der Waals surface area contributed by atoms with Crippen LogP contribution in [0, 0.1) is 21.7 Å². The monoisotopic (exact) mass is 390 g/mol. The molecule has 0 fully saturated rings. The van der Waals surface area contributed by atoms with E-state index in [-0.39, 0.29) is 21.7 Å². The Morgan fingerprint density at radius 1 is 0.480 bits per heavy atom. The van der Waals surface area contributed by atoms with Crippen LogP contribution in [0.1, 0.15) is 83.1 Å². The zero-order chi connectivity index (χ0) is 20.4. The molecule has 0 amide bonds. The molecule has 152 valence electrons. The summed E-state index contributed by atoms with van der Waals surface area (Å²) in [6.07, 6.45) is 0. The van der Waals surface area contributed by atoms with Crippen molar-refractivity contribution in [1.82, 2.24) is 0 Å². The molecule has 0 heterocycles. The minimum absolute atomic E-state index is 0.190. The van der Waals surface area contributed by atoms with Gasteiger partial charge in [-0.3, -0.25) is 9.15 Å². The van der Waals surface area contributed by atoms with Crippen molar-refractivity contribution in [3.8, 4) is 0 Å². The highest BCUT2D eigenvalue weighted by Crippen LogP contribution is 2.48. The van der Waals surface area contributed by atoms with E-state index >= 15 is 0 Å². The van der Waals surface area contributed by atoms with Crippen molar-refractivity contribution in [1.29, 1.82) is 0 Å². The van der Waals surface area contributed by atoms with Crippen LogP contribution in [-0.4, -0.2) is 18.1 Å². The Labute approximate surface area is 161 Å². The molecule has 0 aromatic heterocycles. The van der Waals surface area contributed by atoms with Gasteiger partial charge < -0.3 is 0 Å². The van der Waals surface area contributed by atoms with Gasteiger partial charge in [0, 0.05) is 0 Å². The normalized spacial score (nSPS) is 17.3. The van der Waals surface area contributed by atoms with Crippen LogP contribution in [0.15, 0.2) is 0 Å². The van der Waals surface area contributed by atoms with Gasteiger partial charge in [-0.05, 0) is 45.8 Å². The Bertz CT molecular complexity index is 331. The summed E-state index contributed by atoms with van der Waals surface area (Å²) in [4.78, 5) is 0. The summed E-state index contributed by atoms with van der Waals surface area (Å²) >= 11 is 0. The Morgan fingerprint density at radius 3 is 0.840 bits per heavy atom. The van der Waals surface area contributed by atoms with Gasteiger partial charge in [0.25, 0.3) is 0 Å². The molecular formula is C20H46O3Si2. The minimum atomic E-state index is -1.57. The van der Waals surface area contributed by atoms with E-state index in [9.17, 15) is 0 Å². The van der Waals surface area contributed by atoms with Crippen LogP contribution < -0.4 is 0 Å². The zero-order valence-corrected chi connectivity index (χ0v) is 21.8. The van der Waals surface area contributed by atoms with Crippen LogP contribution in [0.2, 0.25) is 24.2 Å². The lowest BCUT2D eigenvalue weighted by Crippen LogP contribution is -2.41. The van der Waals surface area contributed by atoms with Crippen LogP contribution >= 0.6 is 0 Å². The first-order valence-corrected chi connectivity index (χ1v) is 14.4. The van der Waals surface area contributed by atoms with Crippen LogP contribution in [0.25, 0.3) is 0 Å². The lowest BCUT2D eigenvalue weighted by Gasteiger charge is -2.43. The summed E-state index contributed by atoms with van der Waals surface area (Å²) in [6.45, 7) is 32.0. The highest BCUT2D eigenvalue weighted by atomic mass is 28.3. The first-order chi connectivity index (χ1) is 10.8. The maximum Gasteiger partial charge on any atom is 0.229 e. The van der Waals surface area contributed by atoms with E-state index < -0.39 is 18.1 Å². The highest BCUT2D eigenvalue weighted by molar-refractivity contribution is 6.53. The smallest absolute Gasteiger partial charge is 0.229 e. The standard InChI is InChI=1S/C20H46O3Si2/c1-17(2,3)15(18(4,5)6)24(13)22-21-23-25(14)16(19(7,8)9)20(10,11)12/h15-16,24-25H,1-14H3. The van der Waals surface area contributed by atoms with Gasteiger partial charge in [-0.1, -0.05) is 88.1 Å². The van der Waals surface area contributed by atoms with Gasteiger partial charge in [0.15, 0.2) is 0 Å². The molecule has 0 rings (SSSR count). The van der Waals surface area contributed by atoms with Gasteiger partial charge in [0.2, 0.25) is 18.1 Å². The van der Waals surface area contributed by atoms with Crippen LogP contribution in [0.5, 0.6) is 0 Å². The van der Waals surface area contributed by atoms with Crippen molar-refractivity contribution in [2.45, 2.75) is 107 Å². The molecule has 0 aromatic rings. The van der Waals surface area contributed by atoms with E-state index in [0.717, 1.165) is 0 Å². The van der Waals surface area contributed by atoms with E-state index in [1.165, 1.54) is 0 Å². The average Bonchev–Trinajstić information content (AvgIpc) is 2.19. The van der Waals surface area contributed by atoms with E-state index in [1.807, 2.05) is 0 Å². The third kappa shape index (κ3) is 8.25. The van der Waals surface area contributed by atoms with Gasteiger partial charge in [0.05, 0.1) is 0 Å². The number of hydrogen-bond acceptors (Lipinski definition) is 3. The molecule has 0 saturated carbocycles. The molecular weight excluding hydrogens is 344 g/mol. The van der Waals surface area contributed by atoms with Crippen LogP contribution in [0.4, 0.5) is 0 Å². The third-order valence-corrected chi connectivity index (χ3v) is 11.7.